The van der Waals surface area contributed by atoms with Crippen LogP contribution in [0.4, 0.5) is 0 Å². The summed E-state index contributed by atoms with van der Waals surface area (Å²) in [5.74, 6) is 0.380. The number of carbonyl (C=O) groups is 2. The number of piperidine rings is 1. The first kappa shape index (κ1) is 19.5. The number of nitrogens with zero attached hydrogens (tertiary/aromatic N) is 3. The lowest BCUT2D eigenvalue weighted by Gasteiger charge is -2.31. The number of hydrogen-bond acceptors (Lipinski definition) is 5. The molecule has 1 fully saturated rings. The van der Waals surface area contributed by atoms with Gasteiger partial charge in [0.15, 0.2) is 0 Å². The molecular formula is C22H24N4O2S. The van der Waals surface area contributed by atoms with Gasteiger partial charge in [0.05, 0.1) is 16.2 Å². The summed E-state index contributed by atoms with van der Waals surface area (Å²) in [6.45, 7) is 3.58. The van der Waals surface area contributed by atoms with Crippen molar-refractivity contribution in [2.75, 3.05) is 19.6 Å². The van der Waals surface area contributed by atoms with E-state index in [4.69, 9.17) is 4.98 Å². The number of fused-ring (bicyclic) bond motifs is 1. The van der Waals surface area contributed by atoms with Crippen molar-refractivity contribution in [2.24, 2.45) is 0 Å². The Balaban J connectivity index is 1.34. The lowest BCUT2D eigenvalue weighted by Crippen LogP contribution is -2.38. The minimum absolute atomic E-state index is 0.00402. The highest BCUT2D eigenvalue weighted by atomic mass is 32.1. The Hall–Kier alpha value is -2.80. The second-order valence-electron chi connectivity index (χ2n) is 7.37. The Morgan fingerprint density at radius 2 is 1.93 bits per heavy atom. The molecule has 2 amide bonds. The molecule has 0 spiro atoms. The van der Waals surface area contributed by atoms with Gasteiger partial charge in [0.2, 0.25) is 5.91 Å². The van der Waals surface area contributed by atoms with Gasteiger partial charge in [-0.1, -0.05) is 24.3 Å². The van der Waals surface area contributed by atoms with Crippen LogP contribution in [-0.4, -0.2) is 46.3 Å². The molecule has 4 rings (SSSR count). The third-order valence-corrected chi connectivity index (χ3v) is 6.33. The predicted molar refractivity (Wildman–Crippen MR) is 114 cm³/mol. The summed E-state index contributed by atoms with van der Waals surface area (Å²) in [5.41, 5.74) is 2.39. The highest BCUT2D eigenvalue weighted by Crippen LogP contribution is 2.31. The number of thiazole rings is 1. The van der Waals surface area contributed by atoms with Gasteiger partial charge in [0.25, 0.3) is 5.91 Å². The number of nitrogens with one attached hydrogen (secondary N) is 1. The van der Waals surface area contributed by atoms with E-state index in [1.54, 1.807) is 11.3 Å². The number of para-hydroxylation sites is 1. The van der Waals surface area contributed by atoms with Crippen molar-refractivity contribution in [3.8, 4) is 0 Å². The van der Waals surface area contributed by atoms with Crippen LogP contribution in [0.1, 0.15) is 46.9 Å². The van der Waals surface area contributed by atoms with Crippen LogP contribution in [0.5, 0.6) is 0 Å². The smallest absolute Gasteiger partial charge is 0.272 e. The Bertz CT molecular complexity index is 1020. The maximum atomic E-state index is 12.9. The fraction of sp³-hybridized carbons (Fsp3) is 0.364. The number of carbonyl (C=O) groups excluding carboxylic acids is 2. The highest BCUT2D eigenvalue weighted by Gasteiger charge is 2.27. The van der Waals surface area contributed by atoms with Crippen molar-refractivity contribution in [3.63, 3.8) is 0 Å². The van der Waals surface area contributed by atoms with Crippen LogP contribution in [-0.2, 0) is 11.2 Å². The van der Waals surface area contributed by atoms with Gasteiger partial charge in [-0.05, 0) is 25.0 Å². The average Bonchev–Trinajstić information content (AvgIpc) is 3.21. The van der Waals surface area contributed by atoms with Gasteiger partial charge < -0.3 is 10.2 Å². The molecule has 1 aliphatic heterocycles. The summed E-state index contributed by atoms with van der Waals surface area (Å²) in [5, 5.41) is 7.06. The molecule has 0 radical (unpaired) electrons. The van der Waals surface area contributed by atoms with Crippen molar-refractivity contribution in [3.05, 3.63) is 58.2 Å². The first-order valence-corrected chi connectivity index (χ1v) is 10.8. The third kappa shape index (κ3) is 4.62. The Kier molecular flexibility index (Phi) is 5.85. The van der Waals surface area contributed by atoms with E-state index in [9.17, 15) is 9.59 Å². The lowest BCUT2D eigenvalue weighted by molar-refractivity contribution is -0.118. The van der Waals surface area contributed by atoms with E-state index in [0.717, 1.165) is 54.0 Å². The van der Waals surface area contributed by atoms with E-state index < -0.39 is 0 Å². The van der Waals surface area contributed by atoms with Crippen molar-refractivity contribution in [2.45, 2.75) is 32.1 Å². The minimum Gasteiger partial charge on any atom is -0.356 e. The van der Waals surface area contributed by atoms with E-state index in [-0.39, 0.29) is 11.8 Å². The molecule has 2 aromatic heterocycles. The van der Waals surface area contributed by atoms with Crippen molar-refractivity contribution < 1.29 is 9.59 Å². The van der Waals surface area contributed by atoms with Crippen LogP contribution >= 0.6 is 11.3 Å². The molecule has 3 heterocycles. The molecule has 1 aliphatic rings. The molecule has 29 heavy (non-hydrogen) atoms. The molecule has 0 aliphatic carbocycles. The van der Waals surface area contributed by atoms with Crippen molar-refractivity contribution >= 4 is 34.1 Å². The number of aromatic nitrogens is 2. The molecule has 1 saturated heterocycles. The highest BCUT2D eigenvalue weighted by molar-refractivity contribution is 7.09. The molecule has 0 bridgehead atoms. The molecule has 1 aromatic carbocycles. The Morgan fingerprint density at radius 1 is 1.14 bits per heavy atom. The normalized spacial score (nSPS) is 14.9. The van der Waals surface area contributed by atoms with E-state index in [1.165, 1.54) is 6.92 Å². The fourth-order valence-electron chi connectivity index (χ4n) is 3.67. The number of pyridine rings is 1. The Morgan fingerprint density at radius 3 is 2.72 bits per heavy atom. The van der Waals surface area contributed by atoms with E-state index >= 15 is 0 Å². The zero-order valence-electron chi connectivity index (χ0n) is 16.4. The second-order valence-corrected chi connectivity index (χ2v) is 8.26. The molecule has 150 valence electrons. The average molecular weight is 409 g/mol. The van der Waals surface area contributed by atoms with Crippen LogP contribution in [0.3, 0.4) is 0 Å². The van der Waals surface area contributed by atoms with Crippen molar-refractivity contribution in [1.29, 1.82) is 0 Å². The zero-order valence-corrected chi connectivity index (χ0v) is 17.2. The lowest BCUT2D eigenvalue weighted by atomic mass is 9.97. The standard InChI is InChI=1S/C22H24N4O2S/c1-15(27)23-11-8-18-14-29-21(24-18)17-9-12-26(13-10-17)22(28)20-7-6-16-4-2-3-5-19(16)25-20/h2-7,14,17H,8-13H2,1H3,(H,23,27). The van der Waals surface area contributed by atoms with Gasteiger partial charge in [-0.3, -0.25) is 9.59 Å². The van der Waals surface area contributed by atoms with Gasteiger partial charge in [-0.15, -0.1) is 11.3 Å². The summed E-state index contributed by atoms with van der Waals surface area (Å²) < 4.78 is 0. The van der Waals surface area contributed by atoms with Crippen LogP contribution < -0.4 is 5.32 Å². The maximum Gasteiger partial charge on any atom is 0.272 e. The van der Waals surface area contributed by atoms with Crippen molar-refractivity contribution in [1.82, 2.24) is 20.2 Å². The SMILES string of the molecule is CC(=O)NCCc1csc(C2CCN(C(=O)c3ccc4ccccc4n3)CC2)n1. The van der Waals surface area contributed by atoms with E-state index in [1.807, 2.05) is 41.3 Å². The minimum atomic E-state index is -0.0154. The molecule has 6 nitrogen and oxygen atoms in total. The monoisotopic (exact) mass is 408 g/mol. The predicted octanol–water partition coefficient (Wildman–Crippen LogP) is 3.39. The van der Waals surface area contributed by atoms with Gasteiger partial charge in [0.1, 0.15) is 5.69 Å². The number of benzene rings is 1. The number of likely N-dealkylation sites (tertiary alicyclic amines) is 1. The molecule has 0 saturated carbocycles. The summed E-state index contributed by atoms with van der Waals surface area (Å²) >= 11 is 1.68. The molecule has 0 atom stereocenters. The summed E-state index contributed by atoms with van der Waals surface area (Å²) in [6.07, 6.45) is 2.58. The van der Waals surface area contributed by atoms with Gasteiger partial charge in [-0.25, -0.2) is 9.97 Å². The van der Waals surface area contributed by atoms with Crippen LogP contribution in [0.15, 0.2) is 41.8 Å². The van der Waals surface area contributed by atoms with Gasteiger partial charge in [-0.2, -0.15) is 0 Å². The zero-order chi connectivity index (χ0) is 20.2. The second kappa shape index (κ2) is 8.69. The van der Waals surface area contributed by atoms with E-state index in [2.05, 4.69) is 15.7 Å². The molecule has 3 aromatic rings. The maximum absolute atomic E-state index is 12.9. The molecular weight excluding hydrogens is 384 g/mol. The van der Waals surface area contributed by atoms with Crippen LogP contribution in [0.2, 0.25) is 0 Å². The quantitative estimate of drug-likeness (QED) is 0.702. The fourth-order valence-corrected chi connectivity index (χ4v) is 4.69. The van der Waals surface area contributed by atoms with Gasteiger partial charge in [0, 0.05) is 49.7 Å². The summed E-state index contributed by atoms with van der Waals surface area (Å²) in [7, 11) is 0. The van der Waals surface area contributed by atoms with E-state index in [0.29, 0.717) is 18.2 Å². The first-order valence-electron chi connectivity index (χ1n) is 9.94. The summed E-state index contributed by atoms with van der Waals surface area (Å²) in [4.78, 5) is 35.0. The number of rotatable bonds is 5. The Labute approximate surface area is 174 Å². The number of hydrogen-bond donors (Lipinski definition) is 1. The first-order chi connectivity index (χ1) is 14.1. The summed E-state index contributed by atoms with van der Waals surface area (Å²) in [6, 6.07) is 11.6. The third-order valence-electron chi connectivity index (χ3n) is 5.27. The van der Waals surface area contributed by atoms with Gasteiger partial charge >= 0.3 is 0 Å². The molecule has 1 N–H and O–H groups in total. The molecule has 7 heteroatoms. The number of amides is 2. The van der Waals surface area contributed by atoms with Crippen LogP contribution in [0, 0.1) is 0 Å². The topological polar surface area (TPSA) is 75.2 Å². The largest absolute Gasteiger partial charge is 0.356 e. The van der Waals surface area contributed by atoms with Crippen LogP contribution in [0.25, 0.3) is 10.9 Å². The molecule has 0 unspecified atom stereocenters.